The molecule has 0 N–H and O–H groups in total. The van der Waals surface area contributed by atoms with Crippen molar-refractivity contribution in [3.63, 3.8) is 0 Å². The van der Waals surface area contributed by atoms with E-state index in [1.54, 1.807) is 12.1 Å². The van der Waals surface area contributed by atoms with Crippen molar-refractivity contribution in [2.24, 2.45) is 0 Å². The average Bonchev–Trinajstić information content (AvgIpc) is 2.43. The number of rotatable bonds is 2. The van der Waals surface area contributed by atoms with Crippen LogP contribution in [0.5, 0.6) is 0 Å². The highest BCUT2D eigenvalue weighted by atomic mass is 35.5. The third kappa shape index (κ3) is 2.66. The summed E-state index contributed by atoms with van der Waals surface area (Å²) in [5.74, 6) is -0.349. The SMILES string of the molecule is Cc1ccccc1C(=O)c1c(Cl)c(Cl)c(Cl)c(Cl)c1Cl. The molecular weight excluding hydrogens is 361 g/mol. The Morgan fingerprint density at radius 1 is 0.800 bits per heavy atom. The zero-order valence-electron chi connectivity index (χ0n) is 10.1. The largest absolute Gasteiger partial charge is 0.288 e. The summed E-state index contributed by atoms with van der Waals surface area (Å²) < 4.78 is 0. The Morgan fingerprint density at radius 2 is 1.25 bits per heavy atom. The van der Waals surface area contributed by atoms with Crippen molar-refractivity contribution < 1.29 is 4.79 Å². The van der Waals surface area contributed by atoms with Crippen LogP contribution in [0.3, 0.4) is 0 Å². The molecule has 2 aromatic carbocycles. The average molecular weight is 368 g/mol. The zero-order valence-corrected chi connectivity index (χ0v) is 13.9. The maximum Gasteiger partial charge on any atom is 0.196 e. The van der Waals surface area contributed by atoms with Gasteiger partial charge in [0.2, 0.25) is 0 Å². The molecule has 0 heterocycles. The number of carbonyl (C=O) groups is 1. The molecule has 0 spiro atoms. The highest BCUT2D eigenvalue weighted by Gasteiger charge is 2.25. The molecule has 0 amide bonds. The standard InChI is InChI=1S/C14H7Cl5O/c1-6-4-2-3-5-7(6)14(20)8-9(15)11(17)13(19)12(18)10(8)16/h2-5H,1H3. The van der Waals surface area contributed by atoms with Crippen LogP contribution >= 0.6 is 58.0 Å². The molecule has 0 fully saturated rings. The van der Waals surface area contributed by atoms with E-state index >= 15 is 0 Å². The molecule has 20 heavy (non-hydrogen) atoms. The second kappa shape index (κ2) is 6.13. The maximum absolute atomic E-state index is 12.6. The van der Waals surface area contributed by atoms with Crippen LogP contribution in [0.2, 0.25) is 25.1 Å². The Labute approximate surface area is 141 Å². The minimum atomic E-state index is -0.349. The first-order valence-corrected chi connectivity index (χ1v) is 7.37. The number of hydrogen-bond acceptors (Lipinski definition) is 1. The van der Waals surface area contributed by atoms with Crippen LogP contribution < -0.4 is 0 Å². The summed E-state index contributed by atoms with van der Waals surface area (Å²) in [4.78, 5) is 12.6. The van der Waals surface area contributed by atoms with Gasteiger partial charge in [-0.2, -0.15) is 0 Å². The normalized spacial score (nSPS) is 10.7. The maximum atomic E-state index is 12.6. The zero-order chi connectivity index (χ0) is 15.0. The first-order valence-electron chi connectivity index (χ1n) is 5.48. The van der Waals surface area contributed by atoms with Crippen molar-refractivity contribution in [3.05, 3.63) is 66.1 Å². The van der Waals surface area contributed by atoms with E-state index in [-0.39, 0.29) is 36.5 Å². The van der Waals surface area contributed by atoms with Crippen LogP contribution in [0, 0.1) is 6.92 Å². The molecule has 1 nitrogen and oxygen atoms in total. The molecule has 0 unspecified atom stereocenters. The van der Waals surface area contributed by atoms with E-state index in [0.29, 0.717) is 5.56 Å². The van der Waals surface area contributed by atoms with Gasteiger partial charge in [0.05, 0.1) is 30.7 Å². The lowest BCUT2D eigenvalue weighted by Gasteiger charge is -2.12. The minimum Gasteiger partial charge on any atom is -0.288 e. The fourth-order valence-corrected chi connectivity index (χ4v) is 3.08. The molecule has 104 valence electrons. The van der Waals surface area contributed by atoms with Gasteiger partial charge in [-0.15, -0.1) is 0 Å². The van der Waals surface area contributed by atoms with Gasteiger partial charge in [0.1, 0.15) is 0 Å². The predicted octanol–water partition coefficient (Wildman–Crippen LogP) is 6.49. The first kappa shape index (κ1) is 15.9. The van der Waals surface area contributed by atoms with Gasteiger partial charge < -0.3 is 0 Å². The lowest BCUT2D eigenvalue weighted by atomic mass is 9.99. The molecule has 0 bridgehead atoms. The molecule has 0 aliphatic heterocycles. The summed E-state index contributed by atoms with van der Waals surface area (Å²) in [6, 6.07) is 7.08. The van der Waals surface area contributed by atoms with Crippen LogP contribution in [-0.4, -0.2) is 5.78 Å². The molecule has 6 heteroatoms. The third-order valence-corrected chi connectivity index (χ3v) is 5.10. The monoisotopic (exact) mass is 366 g/mol. The highest BCUT2D eigenvalue weighted by Crippen LogP contribution is 2.44. The van der Waals surface area contributed by atoms with Gasteiger partial charge in [-0.3, -0.25) is 4.79 Å². The molecule has 2 aromatic rings. The fraction of sp³-hybridized carbons (Fsp3) is 0.0714. The molecule has 0 aliphatic carbocycles. The van der Waals surface area contributed by atoms with E-state index in [1.807, 2.05) is 19.1 Å². The second-order valence-electron chi connectivity index (χ2n) is 4.09. The molecule has 0 aliphatic rings. The van der Waals surface area contributed by atoms with Crippen LogP contribution in [0.4, 0.5) is 0 Å². The smallest absolute Gasteiger partial charge is 0.196 e. The van der Waals surface area contributed by atoms with E-state index in [0.717, 1.165) is 5.56 Å². The summed E-state index contributed by atoms with van der Waals surface area (Å²) in [7, 11) is 0. The van der Waals surface area contributed by atoms with Gasteiger partial charge >= 0.3 is 0 Å². The number of carbonyl (C=O) groups excluding carboxylic acids is 1. The number of ketones is 1. The predicted molar refractivity (Wildman–Crippen MR) is 86.1 cm³/mol. The highest BCUT2D eigenvalue weighted by molar-refractivity contribution is 6.56. The van der Waals surface area contributed by atoms with Crippen molar-refractivity contribution in [3.8, 4) is 0 Å². The topological polar surface area (TPSA) is 17.1 Å². The fourth-order valence-electron chi connectivity index (χ4n) is 1.77. The van der Waals surface area contributed by atoms with Crippen LogP contribution in [0.1, 0.15) is 21.5 Å². The Hall–Kier alpha value is -0.440. The van der Waals surface area contributed by atoms with Crippen LogP contribution in [0.25, 0.3) is 0 Å². The number of hydrogen-bond donors (Lipinski definition) is 0. The molecule has 2 rings (SSSR count). The van der Waals surface area contributed by atoms with E-state index in [1.165, 1.54) is 0 Å². The Kier molecular flexibility index (Phi) is 4.88. The van der Waals surface area contributed by atoms with Gasteiger partial charge in [-0.1, -0.05) is 82.3 Å². The number of halogens is 5. The Bertz CT molecular complexity index is 680. The lowest BCUT2D eigenvalue weighted by molar-refractivity contribution is 0.103. The summed E-state index contributed by atoms with van der Waals surface area (Å²) in [5.41, 5.74) is 1.33. The minimum absolute atomic E-state index is 0.000630. The summed E-state index contributed by atoms with van der Waals surface area (Å²) in [6.07, 6.45) is 0. The van der Waals surface area contributed by atoms with Crippen molar-refractivity contribution in [2.45, 2.75) is 6.92 Å². The van der Waals surface area contributed by atoms with Crippen LogP contribution in [0.15, 0.2) is 24.3 Å². The van der Waals surface area contributed by atoms with Crippen molar-refractivity contribution in [1.82, 2.24) is 0 Å². The third-order valence-electron chi connectivity index (χ3n) is 2.83. The van der Waals surface area contributed by atoms with Gasteiger partial charge in [0, 0.05) is 5.56 Å². The van der Waals surface area contributed by atoms with Crippen molar-refractivity contribution in [2.75, 3.05) is 0 Å². The molecule has 0 saturated heterocycles. The van der Waals surface area contributed by atoms with Gasteiger partial charge in [0.15, 0.2) is 5.78 Å². The number of benzene rings is 2. The Balaban J connectivity index is 2.71. The number of aryl methyl sites for hydroxylation is 1. The van der Waals surface area contributed by atoms with E-state index in [9.17, 15) is 4.79 Å². The second-order valence-corrected chi connectivity index (χ2v) is 5.98. The van der Waals surface area contributed by atoms with Gasteiger partial charge in [0.25, 0.3) is 0 Å². The van der Waals surface area contributed by atoms with Gasteiger partial charge in [-0.05, 0) is 12.5 Å². The first-order chi connectivity index (χ1) is 9.36. The lowest BCUT2D eigenvalue weighted by Crippen LogP contribution is -2.06. The van der Waals surface area contributed by atoms with Crippen molar-refractivity contribution in [1.29, 1.82) is 0 Å². The van der Waals surface area contributed by atoms with Gasteiger partial charge in [-0.25, -0.2) is 0 Å². The Morgan fingerprint density at radius 3 is 1.75 bits per heavy atom. The van der Waals surface area contributed by atoms with E-state index in [2.05, 4.69) is 0 Å². The molecule has 0 aromatic heterocycles. The summed E-state index contributed by atoms with van der Waals surface area (Å²) in [5, 5.41) is 0.0580. The summed E-state index contributed by atoms with van der Waals surface area (Å²) in [6.45, 7) is 1.81. The molecular formula is C14H7Cl5O. The molecule has 0 radical (unpaired) electrons. The van der Waals surface area contributed by atoms with Crippen LogP contribution in [-0.2, 0) is 0 Å². The summed E-state index contributed by atoms with van der Waals surface area (Å²) >= 11 is 30.0. The molecule has 0 atom stereocenters. The van der Waals surface area contributed by atoms with E-state index < -0.39 is 0 Å². The molecule has 0 saturated carbocycles. The van der Waals surface area contributed by atoms with E-state index in [4.69, 9.17) is 58.0 Å². The quantitative estimate of drug-likeness (QED) is 0.336. The van der Waals surface area contributed by atoms with Crippen molar-refractivity contribution >= 4 is 63.8 Å².